The van der Waals surface area contributed by atoms with Crippen LogP contribution in [0.1, 0.15) is 85.5 Å². The molecule has 0 atom stereocenters. The Balaban J connectivity index is 3.78. The molecule has 0 aromatic rings. The Hall–Kier alpha value is -0.790. The van der Waals surface area contributed by atoms with Gasteiger partial charge in [0.25, 0.3) is 0 Å². The average molecular weight is 268 g/mol. The van der Waals surface area contributed by atoms with Gasteiger partial charge in [-0.2, -0.15) is 0 Å². The Bertz CT molecular complexity index is 271. The van der Waals surface area contributed by atoms with Crippen LogP contribution in [0.25, 0.3) is 0 Å². The molecule has 0 rings (SSSR count). The van der Waals surface area contributed by atoms with Gasteiger partial charge in [0.2, 0.25) is 0 Å². The number of carboxylic acids is 1. The second kappa shape index (κ2) is 10.1. The molecule has 0 amide bonds. The monoisotopic (exact) mass is 268 g/mol. The van der Waals surface area contributed by atoms with Crippen LogP contribution >= 0.6 is 0 Å². The van der Waals surface area contributed by atoms with E-state index in [2.05, 4.69) is 6.92 Å². The molecular weight excluding hydrogens is 236 g/mol. The smallest absolute Gasteiger partial charge is 0.331 e. The van der Waals surface area contributed by atoms with Crippen LogP contribution in [-0.4, -0.2) is 11.1 Å². The highest BCUT2D eigenvalue weighted by molar-refractivity contribution is 5.86. The third-order valence-corrected chi connectivity index (χ3v) is 3.18. The number of hydrogen-bond acceptors (Lipinski definition) is 1. The number of hydrogen-bond donors (Lipinski definition) is 1. The Morgan fingerprint density at radius 1 is 0.947 bits per heavy atom. The minimum absolute atomic E-state index is 0.0477. The SMILES string of the molecule is CCCCCCCCCCC(=CC(C)(C)C)C(=O)O. The third kappa shape index (κ3) is 12.0. The van der Waals surface area contributed by atoms with Gasteiger partial charge in [0.15, 0.2) is 0 Å². The van der Waals surface area contributed by atoms with E-state index >= 15 is 0 Å². The van der Waals surface area contributed by atoms with Gasteiger partial charge in [-0.05, 0) is 18.3 Å². The second-order valence-corrected chi connectivity index (χ2v) is 6.57. The van der Waals surface area contributed by atoms with Gasteiger partial charge in [0, 0.05) is 5.57 Å². The van der Waals surface area contributed by atoms with Gasteiger partial charge in [-0.25, -0.2) is 4.79 Å². The van der Waals surface area contributed by atoms with Crippen molar-refractivity contribution in [2.75, 3.05) is 0 Å². The van der Waals surface area contributed by atoms with Gasteiger partial charge in [0.1, 0.15) is 0 Å². The van der Waals surface area contributed by atoms with Gasteiger partial charge < -0.3 is 5.11 Å². The maximum Gasteiger partial charge on any atom is 0.331 e. The average Bonchev–Trinajstić information content (AvgIpc) is 2.29. The minimum atomic E-state index is -0.752. The first-order valence-electron chi connectivity index (χ1n) is 7.82. The molecule has 0 saturated carbocycles. The molecule has 0 spiro atoms. The van der Waals surface area contributed by atoms with Crippen molar-refractivity contribution >= 4 is 5.97 Å². The fourth-order valence-electron chi connectivity index (χ4n) is 2.21. The van der Waals surface area contributed by atoms with Crippen LogP contribution in [0, 0.1) is 5.41 Å². The van der Waals surface area contributed by atoms with Gasteiger partial charge in [0.05, 0.1) is 0 Å². The van der Waals surface area contributed by atoms with E-state index in [0.717, 1.165) is 12.8 Å². The number of carbonyl (C=O) groups is 1. The second-order valence-electron chi connectivity index (χ2n) is 6.57. The van der Waals surface area contributed by atoms with Crippen molar-refractivity contribution in [1.29, 1.82) is 0 Å². The van der Waals surface area contributed by atoms with E-state index in [1.165, 1.54) is 38.5 Å². The van der Waals surface area contributed by atoms with Crippen molar-refractivity contribution in [3.05, 3.63) is 11.6 Å². The lowest BCUT2D eigenvalue weighted by Crippen LogP contribution is -2.08. The van der Waals surface area contributed by atoms with E-state index in [9.17, 15) is 4.79 Å². The third-order valence-electron chi connectivity index (χ3n) is 3.18. The van der Waals surface area contributed by atoms with E-state index < -0.39 is 5.97 Å². The summed E-state index contributed by atoms with van der Waals surface area (Å²) in [6.07, 6.45) is 12.6. The van der Waals surface area contributed by atoms with E-state index in [4.69, 9.17) is 5.11 Å². The van der Waals surface area contributed by atoms with Crippen LogP contribution in [0.3, 0.4) is 0 Å². The first kappa shape index (κ1) is 18.2. The highest BCUT2D eigenvalue weighted by Crippen LogP contribution is 2.21. The topological polar surface area (TPSA) is 37.3 Å². The van der Waals surface area contributed by atoms with Crippen LogP contribution in [0.15, 0.2) is 11.6 Å². The number of aliphatic carboxylic acids is 1. The van der Waals surface area contributed by atoms with Crippen LogP contribution < -0.4 is 0 Å². The highest BCUT2D eigenvalue weighted by Gasteiger charge is 2.13. The molecule has 0 aliphatic heterocycles. The van der Waals surface area contributed by atoms with E-state index in [-0.39, 0.29) is 5.41 Å². The summed E-state index contributed by atoms with van der Waals surface area (Å²) in [4.78, 5) is 11.1. The summed E-state index contributed by atoms with van der Waals surface area (Å²) in [5.74, 6) is -0.752. The quantitative estimate of drug-likeness (QED) is 0.415. The maximum atomic E-state index is 11.1. The zero-order valence-electron chi connectivity index (χ0n) is 13.3. The number of unbranched alkanes of at least 4 members (excludes halogenated alkanes) is 7. The van der Waals surface area contributed by atoms with Crippen molar-refractivity contribution in [3.8, 4) is 0 Å². The molecule has 2 heteroatoms. The number of allylic oxidation sites excluding steroid dienone is 1. The van der Waals surface area contributed by atoms with Crippen molar-refractivity contribution < 1.29 is 9.90 Å². The minimum Gasteiger partial charge on any atom is -0.478 e. The van der Waals surface area contributed by atoms with Gasteiger partial charge >= 0.3 is 5.97 Å². The normalized spacial score (nSPS) is 12.7. The highest BCUT2D eigenvalue weighted by atomic mass is 16.4. The van der Waals surface area contributed by atoms with Crippen LogP contribution in [-0.2, 0) is 4.79 Å². The first-order valence-corrected chi connectivity index (χ1v) is 7.82. The maximum absolute atomic E-state index is 11.1. The predicted molar refractivity (Wildman–Crippen MR) is 82.4 cm³/mol. The molecule has 0 aliphatic carbocycles. The summed E-state index contributed by atoms with van der Waals surface area (Å²) in [5, 5.41) is 9.17. The molecule has 19 heavy (non-hydrogen) atoms. The van der Waals surface area contributed by atoms with E-state index in [1.54, 1.807) is 0 Å². The zero-order chi connectivity index (χ0) is 14.7. The molecule has 0 bridgehead atoms. The molecule has 0 aromatic carbocycles. The van der Waals surface area contributed by atoms with Crippen LogP contribution in [0.4, 0.5) is 0 Å². The summed E-state index contributed by atoms with van der Waals surface area (Å²) in [5.41, 5.74) is 0.534. The summed E-state index contributed by atoms with van der Waals surface area (Å²) in [6, 6.07) is 0. The summed E-state index contributed by atoms with van der Waals surface area (Å²) in [7, 11) is 0. The molecule has 0 heterocycles. The molecule has 1 N–H and O–H groups in total. The lowest BCUT2D eigenvalue weighted by atomic mass is 9.91. The Morgan fingerprint density at radius 2 is 1.42 bits per heavy atom. The zero-order valence-corrected chi connectivity index (χ0v) is 13.3. The van der Waals surface area contributed by atoms with E-state index in [0.29, 0.717) is 12.0 Å². The molecule has 0 unspecified atom stereocenters. The van der Waals surface area contributed by atoms with Crippen molar-refractivity contribution in [2.24, 2.45) is 5.41 Å². The molecule has 2 nitrogen and oxygen atoms in total. The lowest BCUT2D eigenvalue weighted by Gasteiger charge is -2.14. The summed E-state index contributed by atoms with van der Waals surface area (Å²) >= 11 is 0. The number of rotatable bonds is 10. The van der Waals surface area contributed by atoms with Crippen molar-refractivity contribution in [3.63, 3.8) is 0 Å². The molecule has 0 saturated heterocycles. The van der Waals surface area contributed by atoms with Crippen LogP contribution in [0.2, 0.25) is 0 Å². The Kier molecular flexibility index (Phi) is 9.63. The Labute approximate surface area is 119 Å². The molecule has 112 valence electrons. The molecule has 0 aromatic heterocycles. The fourth-order valence-corrected chi connectivity index (χ4v) is 2.21. The molecular formula is C17H32O2. The van der Waals surface area contributed by atoms with Gasteiger partial charge in [-0.15, -0.1) is 0 Å². The molecule has 0 radical (unpaired) electrons. The summed E-state index contributed by atoms with van der Waals surface area (Å²) in [6.45, 7) is 8.37. The van der Waals surface area contributed by atoms with Gasteiger partial charge in [-0.1, -0.05) is 78.7 Å². The largest absolute Gasteiger partial charge is 0.478 e. The molecule has 0 aliphatic rings. The summed E-state index contributed by atoms with van der Waals surface area (Å²) < 4.78 is 0. The van der Waals surface area contributed by atoms with Crippen molar-refractivity contribution in [2.45, 2.75) is 85.5 Å². The predicted octanol–water partition coefficient (Wildman–Crippen LogP) is 5.57. The lowest BCUT2D eigenvalue weighted by molar-refractivity contribution is -0.132. The van der Waals surface area contributed by atoms with Crippen molar-refractivity contribution in [1.82, 2.24) is 0 Å². The molecule has 0 fully saturated rings. The Morgan fingerprint density at radius 3 is 1.84 bits per heavy atom. The standard InChI is InChI=1S/C17H32O2/c1-5-6-7-8-9-10-11-12-13-15(16(18)19)14-17(2,3)4/h14H,5-13H2,1-4H3,(H,18,19). The van der Waals surface area contributed by atoms with Crippen LogP contribution in [0.5, 0.6) is 0 Å². The van der Waals surface area contributed by atoms with E-state index in [1.807, 2.05) is 26.8 Å². The number of carboxylic acid groups (broad SMARTS) is 1. The fraction of sp³-hybridized carbons (Fsp3) is 0.824. The first-order chi connectivity index (χ1) is 8.87. The van der Waals surface area contributed by atoms with Gasteiger partial charge in [-0.3, -0.25) is 0 Å².